The minimum absolute atomic E-state index is 0.0420. The Morgan fingerprint density at radius 1 is 0.939 bits per heavy atom. The molecule has 0 saturated carbocycles. The third-order valence-electron chi connectivity index (χ3n) is 4.50. The molecule has 0 saturated heterocycles. The van der Waals surface area contributed by atoms with Crippen molar-refractivity contribution in [2.45, 2.75) is 12.8 Å². The van der Waals surface area contributed by atoms with Crippen LogP contribution < -0.4 is 20.9 Å². The molecule has 0 heterocycles. The fourth-order valence-electron chi connectivity index (χ4n) is 2.89. The Morgan fingerprint density at radius 2 is 1.67 bits per heavy atom. The third-order valence-corrected chi connectivity index (χ3v) is 5.45. The van der Waals surface area contributed by atoms with Gasteiger partial charge in [-0.05, 0) is 53.7 Å². The second-order valence-corrected chi connectivity index (χ2v) is 8.74. The smallest absolute Gasteiger partial charge is 0.261 e. The van der Waals surface area contributed by atoms with E-state index in [1.807, 2.05) is 30.3 Å². The van der Waals surface area contributed by atoms with Crippen molar-refractivity contribution in [2.75, 3.05) is 6.61 Å². The van der Waals surface area contributed by atoms with Crippen LogP contribution in [0.25, 0.3) is 0 Å². The molecule has 33 heavy (non-hydrogen) atoms. The largest absolute Gasteiger partial charge is 0.492 e. The van der Waals surface area contributed by atoms with Crippen molar-refractivity contribution in [3.05, 3.63) is 99.0 Å². The highest BCUT2D eigenvalue weighted by molar-refractivity contribution is 9.10. The van der Waals surface area contributed by atoms with Gasteiger partial charge in [0, 0.05) is 15.9 Å². The molecular weight excluding hydrogens is 526 g/mol. The van der Waals surface area contributed by atoms with Gasteiger partial charge in [-0.2, -0.15) is 0 Å². The number of nitrogens with one attached hydrogen (secondary N) is 3. The van der Waals surface area contributed by atoms with Crippen LogP contribution in [0.3, 0.4) is 0 Å². The third kappa shape index (κ3) is 8.16. The highest BCUT2D eigenvalue weighted by Gasteiger charge is 2.15. The molecule has 3 aromatic rings. The van der Waals surface area contributed by atoms with Crippen molar-refractivity contribution < 1.29 is 14.3 Å². The molecule has 0 aromatic heterocycles. The summed E-state index contributed by atoms with van der Waals surface area (Å²) in [4.78, 5) is 24.9. The molecule has 3 N–H and O–H groups in total. The standard InChI is InChI=1S/C24H21BrClN3O3S/c25-18-8-11-21(32-13-12-16-4-2-1-3-5-16)20(15-18)23(31)27-24(33)29-28-22(30)14-17-6-9-19(26)10-7-17/h1-11,15H,12-14H2,(H,28,30)(H2,27,29,31,33). The van der Waals surface area contributed by atoms with Crippen LogP contribution in [-0.4, -0.2) is 23.5 Å². The Kier molecular flexibility index (Phi) is 9.24. The monoisotopic (exact) mass is 545 g/mol. The average molecular weight is 547 g/mol. The zero-order valence-corrected chi connectivity index (χ0v) is 20.6. The summed E-state index contributed by atoms with van der Waals surface area (Å²) in [5, 5.41) is 3.10. The first-order valence-corrected chi connectivity index (χ1v) is 11.6. The predicted octanol–water partition coefficient (Wildman–Crippen LogP) is 4.60. The molecule has 0 aliphatic heterocycles. The van der Waals surface area contributed by atoms with E-state index in [2.05, 4.69) is 32.1 Å². The maximum absolute atomic E-state index is 12.8. The number of carbonyl (C=O) groups excluding carboxylic acids is 2. The lowest BCUT2D eigenvalue weighted by atomic mass is 10.1. The van der Waals surface area contributed by atoms with Crippen molar-refractivity contribution in [2.24, 2.45) is 0 Å². The molecule has 0 aliphatic rings. The minimum Gasteiger partial charge on any atom is -0.492 e. The zero-order valence-electron chi connectivity index (χ0n) is 17.4. The number of ether oxygens (including phenoxy) is 1. The first-order chi connectivity index (χ1) is 15.9. The van der Waals surface area contributed by atoms with E-state index in [0.717, 1.165) is 15.6 Å². The Hall–Kier alpha value is -2.94. The van der Waals surface area contributed by atoms with Crippen LogP contribution in [0, 0.1) is 0 Å². The van der Waals surface area contributed by atoms with Gasteiger partial charge in [-0.3, -0.25) is 25.8 Å². The van der Waals surface area contributed by atoms with Crippen molar-refractivity contribution in [1.82, 2.24) is 16.2 Å². The van der Waals surface area contributed by atoms with Crippen LogP contribution in [-0.2, 0) is 17.6 Å². The van der Waals surface area contributed by atoms with Crippen LogP contribution in [0.2, 0.25) is 5.02 Å². The summed E-state index contributed by atoms with van der Waals surface area (Å²) in [5.74, 6) is -0.349. The number of hydrogen-bond acceptors (Lipinski definition) is 4. The first kappa shape index (κ1) is 24.7. The quantitative estimate of drug-likeness (QED) is 0.298. The highest BCUT2D eigenvalue weighted by Crippen LogP contribution is 2.23. The molecule has 0 atom stereocenters. The van der Waals surface area contributed by atoms with Gasteiger partial charge in [0.05, 0.1) is 18.6 Å². The van der Waals surface area contributed by atoms with E-state index in [1.165, 1.54) is 0 Å². The molecule has 3 aromatic carbocycles. The lowest BCUT2D eigenvalue weighted by Gasteiger charge is -2.14. The summed E-state index contributed by atoms with van der Waals surface area (Å²) in [6.45, 7) is 0.412. The summed E-state index contributed by atoms with van der Waals surface area (Å²) in [6.07, 6.45) is 0.837. The van der Waals surface area contributed by atoms with Crippen molar-refractivity contribution in [1.29, 1.82) is 0 Å². The highest BCUT2D eigenvalue weighted by atomic mass is 79.9. The van der Waals surface area contributed by atoms with Crippen molar-refractivity contribution in [3.63, 3.8) is 0 Å². The van der Waals surface area contributed by atoms with Gasteiger partial charge in [0.25, 0.3) is 5.91 Å². The lowest BCUT2D eigenvalue weighted by molar-refractivity contribution is -0.121. The number of hydrogen-bond donors (Lipinski definition) is 3. The summed E-state index contributed by atoms with van der Waals surface area (Å²) in [7, 11) is 0. The average Bonchev–Trinajstić information content (AvgIpc) is 2.81. The molecule has 170 valence electrons. The number of halogens is 2. The molecular formula is C24H21BrClN3O3S. The summed E-state index contributed by atoms with van der Waals surface area (Å²) in [6, 6.07) is 22.0. The van der Waals surface area contributed by atoms with Gasteiger partial charge in [0.2, 0.25) is 5.91 Å². The van der Waals surface area contributed by atoms with Gasteiger partial charge >= 0.3 is 0 Å². The molecule has 3 rings (SSSR count). The van der Waals surface area contributed by atoms with Crippen LogP contribution in [0.4, 0.5) is 0 Å². The van der Waals surface area contributed by atoms with E-state index in [-0.39, 0.29) is 17.4 Å². The van der Waals surface area contributed by atoms with Gasteiger partial charge < -0.3 is 4.74 Å². The minimum atomic E-state index is -0.463. The van der Waals surface area contributed by atoms with Gasteiger partial charge in [-0.1, -0.05) is 70.0 Å². The van der Waals surface area contributed by atoms with Gasteiger partial charge in [-0.15, -0.1) is 0 Å². The van der Waals surface area contributed by atoms with Gasteiger partial charge in [-0.25, -0.2) is 0 Å². The SMILES string of the molecule is O=C(Cc1ccc(Cl)cc1)NNC(=S)NC(=O)c1cc(Br)ccc1OCCc1ccccc1. The number of benzene rings is 3. The molecule has 9 heteroatoms. The Balaban J connectivity index is 1.51. The molecule has 2 amide bonds. The van der Waals surface area contributed by atoms with E-state index >= 15 is 0 Å². The Labute approximate surface area is 210 Å². The van der Waals surface area contributed by atoms with Crippen LogP contribution in [0.1, 0.15) is 21.5 Å². The number of carbonyl (C=O) groups is 2. The summed E-state index contributed by atoms with van der Waals surface area (Å²) >= 11 is 14.3. The van der Waals surface area contributed by atoms with E-state index in [0.29, 0.717) is 29.4 Å². The molecule has 0 radical (unpaired) electrons. The van der Waals surface area contributed by atoms with Crippen LogP contribution in [0.5, 0.6) is 5.75 Å². The molecule has 0 unspecified atom stereocenters. The normalized spacial score (nSPS) is 10.2. The predicted molar refractivity (Wildman–Crippen MR) is 136 cm³/mol. The summed E-state index contributed by atoms with van der Waals surface area (Å²) in [5.41, 5.74) is 7.24. The molecule has 0 spiro atoms. The van der Waals surface area contributed by atoms with E-state index < -0.39 is 5.91 Å². The molecule has 6 nitrogen and oxygen atoms in total. The maximum atomic E-state index is 12.8. The van der Waals surface area contributed by atoms with E-state index in [9.17, 15) is 9.59 Å². The molecule has 0 bridgehead atoms. The van der Waals surface area contributed by atoms with Crippen molar-refractivity contribution in [3.8, 4) is 5.75 Å². The molecule has 0 aliphatic carbocycles. The van der Waals surface area contributed by atoms with E-state index in [1.54, 1.807) is 42.5 Å². The van der Waals surface area contributed by atoms with Crippen molar-refractivity contribution >= 4 is 56.7 Å². The lowest BCUT2D eigenvalue weighted by Crippen LogP contribution is -2.48. The Morgan fingerprint density at radius 3 is 2.39 bits per heavy atom. The van der Waals surface area contributed by atoms with E-state index in [4.69, 9.17) is 28.6 Å². The fraction of sp³-hybridized carbons (Fsp3) is 0.125. The fourth-order valence-corrected chi connectivity index (χ4v) is 3.52. The molecule has 0 fully saturated rings. The zero-order chi connectivity index (χ0) is 23.6. The van der Waals surface area contributed by atoms with Crippen LogP contribution in [0.15, 0.2) is 77.3 Å². The topological polar surface area (TPSA) is 79.5 Å². The summed E-state index contributed by atoms with van der Waals surface area (Å²) < 4.78 is 6.57. The number of rotatable bonds is 7. The van der Waals surface area contributed by atoms with Crippen LogP contribution >= 0.6 is 39.7 Å². The second kappa shape index (κ2) is 12.3. The first-order valence-electron chi connectivity index (χ1n) is 10.0. The second-order valence-electron chi connectivity index (χ2n) is 6.98. The number of thiocarbonyl (C=S) groups is 1. The maximum Gasteiger partial charge on any atom is 0.261 e. The Bertz CT molecular complexity index is 1130. The van der Waals surface area contributed by atoms with Gasteiger partial charge in [0.15, 0.2) is 5.11 Å². The number of hydrazine groups is 1. The number of amides is 2. The van der Waals surface area contributed by atoms with Gasteiger partial charge in [0.1, 0.15) is 5.75 Å².